The molecule has 0 N–H and O–H groups in total. The van der Waals surface area contributed by atoms with Crippen LogP contribution in [0.4, 0.5) is 0 Å². The lowest BCUT2D eigenvalue weighted by molar-refractivity contribution is 0.668. The fourth-order valence-corrected chi connectivity index (χ4v) is 18.8. The Labute approximate surface area is 669 Å². The molecule has 0 radical (unpaired) electrons. The zero-order valence-electron chi connectivity index (χ0n) is 62.7. The van der Waals surface area contributed by atoms with Crippen molar-refractivity contribution in [2.75, 3.05) is 0 Å². The van der Waals surface area contributed by atoms with Gasteiger partial charge in [0.25, 0.3) is 0 Å². The second kappa shape index (κ2) is 24.7. The van der Waals surface area contributed by atoms with E-state index in [0.29, 0.717) is 40.5 Å². The topological polar surface area (TPSA) is 140 Å². The van der Waals surface area contributed by atoms with Crippen molar-refractivity contribution in [2.45, 2.75) is 0 Å². The van der Waals surface area contributed by atoms with Gasteiger partial charge in [-0.3, -0.25) is 0 Å². The van der Waals surface area contributed by atoms with Crippen molar-refractivity contribution in [3.05, 3.63) is 352 Å². The van der Waals surface area contributed by atoms with Gasteiger partial charge in [-0.15, -0.1) is 0 Å². The highest BCUT2D eigenvalue weighted by molar-refractivity contribution is 6.20. The summed E-state index contributed by atoms with van der Waals surface area (Å²) in [6.07, 6.45) is 0. The molecule has 0 saturated carbocycles. The van der Waals surface area contributed by atoms with Crippen LogP contribution in [0, 0.1) is 0 Å². The van der Waals surface area contributed by atoms with Gasteiger partial charge in [0.1, 0.15) is 44.7 Å². The molecule has 8 heterocycles. The van der Waals surface area contributed by atoms with E-state index in [1.165, 1.54) is 5.39 Å². The van der Waals surface area contributed by atoms with Crippen LogP contribution in [-0.2, 0) is 0 Å². The molecule has 12 nitrogen and oxygen atoms in total. The molecule has 18 aromatic carbocycles. The Morgan fingerprint density at radius 2 is 0.542 bits per heavy atom. The summed E-state index contributed by atoms with van der Waals surface area (Å²) in [7, 11) is 0. The molecule has 0 unspecified atom stereocenters. The second-order valence-corrected chi connectivity index (χ2v) is 30.7. The van der Waals surface area contributed by atoms with Gasteiger partial charge in [-0.1, -0.05) is 249 Å². The van der Waals surface area contributed by atoms with Gasteiger partial charge in [0.2, 0.25) is 0 Å². The molecular weight excluding hydrogens is 1450 g/mol. The summed E-state index contributed by atoms with van der Waals surface area (Å²) >= 11 is 0. The average Bonchev–Trinajstić information content (AvgIpc) is 1.56. The van der Waals surface area contributed by atoms with Crippen LogP contribution >= 0.6 is 0 Å². The monoisotopic (exact) mass is 1510 g/mol. The Hall–Kier alpha value is -16.2. The van der Waals surface area contributed by atoms with Gasteiger partial charge in [-0.25, -0.2) is 29.9 Å². The van der Waals surface area contributed by atoms with Gasteiger partial charge in [0.15, 0.2) is 34.9 Å². The minimum absolute atomic E-state index is 0.478. The minimum atomic E-state index is 0.478. The number of nitrogens with zero attached hydrogens (tertiary/aromatic N) is 8. The van der Waals surface area contributed by atoms with E-state index >= 15 is 0 Å². The van der Waals surface area contributed by atoms with Crippen LogP contribution in [0.15, 0.2) is 370 Å². The first-order valence-corrected chi connectivity index (χ1v) is 39.6. The summed E-state index contributed by atoms with van der Waals surface area (Å²) in [5.41, 5.74) is 18.7. The largest absolute Gasteiger partial charge is 0.456 e. The smallest absolute Gasteiger partial charge is 0.166 e. The lowest BCUT2D eigenvalue weighted by atomic mass is 9.98. The molecule has 0 fully saturated rings. The first kappa shape index (κ1) is 64.4. The van der Waals surface area contributed by atoms with Crippen molar-refractivity contribution < 1.29 is 17.7 Å². The van der Waals surface area contributed by atoms with Crippen molar-refractivity contribution >= 4 is 174 Å². The fourth-order valence-electron chi connectivity index (χ4n) is 18.8. The van der Waals surface area contributed by atoms with Gasteiger partial charge in [-0.05, 0) is 152 Å². The lowest BCUT2D eigenvalue weighted by Gasteiger charge is -2.16. The van der Waals surface area contributed by atoms with Crippen LogP contribution < -0.4 is 0 Å². The summed E-state index contributed by atoms with van der Waals surface area (Å²) in [5.74, 6) is 3.00. The van der Waals surface area contributed by atoms with Crippen LogP contribution in [0.3, 0.4) is 0 Å². The first-order chi connectivity index (χ1) is 58.4. The number of fused-ring (bicyclic) bond motifs is 22. The zero-order valence-corrected chi connectivity index (χ0v) is 62.7. The SMILES string of the molecule is c1ccc2cc3c(cc2c1)c1ccccc1n3-c1cc2c(cc1-c1nc(-c3ccc4cc(-c5cccc6c5oc5cc(-c7nc(-c8cccc9ccccc89)nc(-c8cccc9oc%10ccccc%10c89)n7)c(-n7c8ccccc8c8cc9ccccc9cc87)cc56)ccc4c3)nc(-c3cccc4oc5ccccc5c34)n1)oc1ccccc12. The Morgan fingerprint density at radius 1 is 0.178 bits per heavy atom. The zero-order chi connectivity index (χ0) is 77.0. The number of furan rings is 4. The average molecular weight is 1510 g/mol. The van der Waals surface area contributed by atoms with E-state index in [4.69, 9.17) is 47.6 Å². The van der Waals surface area contributed by atoms with E-state index in [1.54, 1.807) is 0 Å². The fraction of sp³-hybridized carbons (Fsp3) is 0. The third-order valence-electron chi connectivity index (χ3n) is 24.2. The first-order valence-electron chi connectivity index (χ1n) is 39.6. The molecule has 546 valence electrons. The second-order valence-electron chi connectivity index (χ2n) is 30.7. The molecule has 26 aromatic rings. The Kier molecular flexibility index (Phi) is 13.5. The summed E-state index contributed by atoms with van der Waals surface area (Å²) in [5, 5.41) is 20.9. The number of benzene rings is 18. The highest BCUT2D eigenvalue weighted by Gasteiger charge is 2.29. The van der Waals surface area contributed by atoms with E-state index in [2.05, 4.69) is 288 Å². The van der Waals surface area contributed by atoms with Gasteiger partial charge >= 0.3 is 0 Å². The molecule has 0 saturated heterocycles. The molecule has 12 heteroatoms. The normalized spacial score (nSPS) is 12.2. The number of hydrogen-bond donors (Lipinski definition) is 0. The number of rotatable bonds is 9. The Bertz CT molecular complexity index is 8870. The van der Waals surface area contributed by atoms with E-state index in [9.17, 15) is 0 Å². The van der Waals surface area contributed by atoms with E-state index < -0.39 is 0 Å². The van der Waals surface area contributed by atoms with Crippen LogP contribution in [-0.4, -0.2) is 39.0 Å². The van der Waals surface area contributed by atoms with Crippen molar-refractivity contribution in [3.63, 3.8) is 0 Å². The predicted octanol–water partition coefficient (Wildman–Crippen LogP) is 28.1. The Balaban J connectivity index is 0.666. The molecule has 0 bridgehead atoms. The molecule has 8 aromatic heterocycles. The maximum atomic E-state index is 7.42. The van der Waals surface area contributed by atoms with Gasteiger partial charge in [0.05, 0.1) is 33.4 Å². The maximum absolute atomic E-state index is 7.42. The van der Waals surface area contributed by atoms with E-state index in [-0.39, 0.29) is 0 Å². The third kappa shape index (κ3) is 9.65. The van der Waals surface area contributed by atoms with E-state index in [0.717, 1.165) is 219 Å². The quantitative estimate of drug-likeness (QED) is 0.137. The maximum Gasteiger partial charge on any atom is 0.166 e. The van der Waals surface area contributed by atoms with Crippen LogP contribution in [0.25, 0.3) is 265 Å². The summed E-state index contributed by atoms with van der Waals surface area (Å²) in [4.78, 5) is 33.5. The molecule has 0 amide bonds. The molecule has 0 spiro atoms. The van der Waals surface area contributed by atoms with Crippen molar-refractivity contribution in [1.29, 1.82) is 0 Å². The van der Waals surface area contributed by atoms with Crippen molar-refractivity contribution in [1.82, 2.24) is 39.0 Å². The Morgan fingerprint density at radius 3 is 1.12 bits per heavy atom. The number of aromatic nitrogens is 8. The molecule has 0 atom stereocenters. The minimum Gasteiger partial charge on any atom is -0.456 e. The standard InChI is InChI=1S/C106H58N8O4/c1-3-24-62-53-87-79(51-60(62)22-1)70-28-7-12-38-85(70)113(87)89-55-81-72-30-9-14-40-91(72)117-96(81)57-83(89)105-108-101(107-103(111-105)77-36-19-43-94-98(77)75-31-10-15-41-92(75)115-94)67-48-46-64-49-66(47-45-65(64)50-67)69-33-18-34-73-82-56-90(114-86-39-13-8-29-71(86)80-52-61-23-2-4-25-63(61)54-88(80)114)84(58-97(82)118-100(69)73)106-110-102(74-35-17-26-59-21-5-6-27-68(59)74)109-104(112-106)78-37-20-44-95-99(78)76-32-11-16-42-93(76)116-95/h1-58H. The molecule has 26 rings (SSSR count). The molecule has 118 heavy (non-hydrogen) atoms. The highest BCUT2D eigenvalue weighted by Crippen LogP contribution is 2.48. The van der Waals surface area contributed by atoms with Gasteiger partial charge in [-0.2, -0.15) is 0 Å². The van der Waals surface area contributed by atoms with E-state index in [1.807, 2.05) is 72.8 Å². The van der Waals surface area contributed by atoms with Crippen LogP contribution in [0.1, 0.15) is 0 Å². The highest BCUT2D eigenvalue weighted by atomic mass is 16.3. The summed E-state index contributed by atoms with van der Waals surface area (Å²) in [6.45, 7) is 0. The van der Waals surface area contributed by atoms with Gasteiger partial charge in [0, 0.05) is 104 Å². The molecule has 0 aliphatic heterocycles. The molecular formula is C106H58N8O4. The summed E-state index contributed by atoms with van der Waals surface area (Å²) in [6, 6.07) is 124. The van der Waals surface area contributed by atoms with Crippen molar-refractivity contribution in [2.24, 2.45) is 0 Å². The molecule has 0 aliphatic rings. The lowest BCUT2D eigenvalue weighted by Crippen LogP contribution is -2.04. The summed E-state index contributed by atoms with van der Waals surface area (Å²) < 4.78 is 32.1. The van der Waals surface area contributed by atoms with Crippen molar-refractivity contribution in [3.8, 4) is 90.8 Å². The molecule has 0 aliphatic carbocycles. The van der Waals surface area contributed by atoms with Crippen LogP contribution in [0.5, 0.6) is 0 Å². The van der Waals surface area contributed by atoms with Crippen LogP contribution in [0.2, 0.25) is 0 Å². The predicted molar refractivity (Wildman–Crippen MR) is 479 cm³/mol. The number of hydrogen-bond acceptors (Lipinski definition) is 10. The van der Waals surface area contributed by atoms with Gasteiger partial charge < -0.3 is 26.8 Å². The number of para-hydroxylation sites is 6. The third-order valence-corrected chi connectivity index (χ3v) is 24.2.